The van der Waals surface area contributed by atoms with Crippen LogP contribution >= 0.6 is 0 Å². The van der Waals surface area contributed by atoms with Crippen LogP contribution in [-0.2, 0) is 4.74 Å². The van der Waals surface area contributed by atoms with Crippen molar-refractivity contribution in [3.05, 3.63) is 65.5 Å². The molecule has 22 heavy (non-hydrogen) atoms. The molecule has 0 amide bonds. The standard InChI is InChI=1S/C17H15FO4/c1-2-10-21-16(19)12-6-5-7-13(11-12)22-17(20)14-8-3-4-9-15(14)18/h3-9,11H,2,10H2,1H3. The quantitative estimate of drug-likeness (QED) is 0.625. The van der Waals surface area contributed by atoms with Gasteiger partial charge in [-0.15, -0.1) is 0 Å². The van der Waals surface area contributed by atoms with Crippen LogP contribution in [0.1, 0.15) is 34.1 Å². The van der Waals surface area contributed by atoms with Gasteiger partial charge in [0.05, 0.1) is 17.7 Å². The van der Waals surface area contributed by atoms with E-state index in [9.17, 15) is 14.0 Å². The Labute approximate surface area is 127 Å². The smallest absolute Gasteiger partial charge is 0.346 e. The average Bonchev–Trinajstić information content (AvgIpc) is 2.53. The number of benzene rings is 2. The molecule has 4 nitrogen and oxygen atoms in total. The molecule has 0 fully saturated rings. The van der Waals surface area contributed by atoms with Crippen LogP contribution in [-0.4, -0.2) is 18.5 Å². The number of halogens is 1. The molecule has 0 heterocycles. The maximum atomic E-state index is 13.5. The molecule has 0 aliphatic carbocycles. The Kier molecular flexibility index (Phi) is 5.25. The predicted molar refractivity (Wildman–Crippen MR) is 78.4 cm³/mol. The molecule has 2 aromatic rings. The normalized spacial score (nSPS) is 10.1. The molecule has 5 heteroatoms. The van der Waals surface area contributed by atoms with Gasteiger partial charge < -0.3 is 9.47 Å². The topological polar surface area (TPSA) is 52.6 Å². The van der Waals surface area contributed by atoms with Crippen molar-refractivity contribution < 1.29 is 23.5 Å². The summed E-state index contributed by atoms with van der Waals surface area (Å²) in [7, 11) is 0. The number of hydrogen-bond donors (Lipinski definition) is 0. The second kappa shape index (κ2) is 7.36. The fourth-order valence-corrected chi connectivity index (χ4v) is 1.75. The minimum absolute atomic E-state index is 0.152. The van der Waals surface area contributed by atoms with Gasteiger partial charge in [0.1, 0.15) is 11.6 Å². The largest absolute Gasteiger partial charge is 0.462 e. The molecule has 0 N–H and O–H groups in total. The molecule has 0 aliphatic heterocycles. The second-order valence-corrected chi connectivity index (χ2v) is 4.53. The molecular formula is C17H15FO4. The third-order valence-electron chi connectivity index (χ3n) is 2.81. The molecule has 0 aromatic heterocycles. The molecule has 0 spiro atoms. The third kappa shape index (κ3) is 3.91. The Morgan fingerprint density at radius 2 is 1.82 bits per heavy atom. The van der Waals surface area contributed by atoms with Crippen molar-refractivity contribution in [3.63, 3.8) is 0 Å². The minimum Gasteiger partial charge on any atom is -0.462 e. The van der Waals surface area contributed by atoms with Gasteiger partial charge in [0, 0.05) is 0 Å². The van der Waals surface area contributed by atoms with Gasteiger partial charge in [0.2, 0.25) is 0 Å². The Hall–Kier alpha value is -2.69. The molecular weight excluding hydrogens is 287 g/mol. The summed E-state index contributed by atoms with van der Waals surface area (Å²) in [5.41, 5.74) is 0.105. The van der Waals surface area contributed by atoms with Crippen molar-refractivity contribution in [1.29, 1.82) is 0 Å². The van der Waals surface area contributed by atoms with E-state index in [2.05, 4.69) is 0 Å². The Balaban J connectivity index is 2.12. The van der Waals surface area contributed by atoms with Gasteiger partial charge in [-0.05, 0) is 36.8 Å². The van der Waals surface area contributed by atoms with E-state index in [0.717, 1.165) is 0 Å². The van der Waals surface area contributed by atoms with Gasteiger partial charge in [-0.3, -0.25) is 0 Å². The molecule has 0 radical (unpaired) electrons. The Bertz CT molecular complexity index is 682. The Morgan fingerprint density at radius 3 is 2.55 bits per heavy atom. The van der Waals surface area contributed by atoms with Crippen molar-refractivity contribution in [2.24, 2.45) is 0 Å². The van der Waals surface area contributed by atoms with Gasteiger partial charge in [0.15, 0.2) is 0 Å². The minimum atomic E-state index is -0.822. The van der Waals surface area contributed by atoms with E-state index in [1.807, 2.05) is 6.92 Å². The van der Waals surface area contributed by atoms with E-state index < -0.39 is 17.8 Å². The maximum absolute atomic E-state index is 13.5. The van der Waals surface area contributed by atoms with Crippen LogP contribution in [0.2, 0.25) is 0 Å². The lowest BCUT2D eigenvalue weighted by molar-refractivity contribution is 0.0503. The van der Waals surface area contributed by atoms with Crippen LogP contribution < -0.4 is 4.74 Å². The molecule has 2 aromatic carbocycles. The molecule has 0 aliphatic rings. The summed E-state index contributed by atoms with van der Waals surface area (Å²) in [4.78, 5) is 23.7. The summed E-state index contributed by atoms with van der Waals surface area (Å²) < 4.78 is 23.6. The number of rotatable bonds is 5. The molecule has 0 unspecified atom stereocenters. The van der Waals surface area contributed by atoms with E-state index >= 15 is 0 Å². The van der Waals surface area contributed by atoms with Gasteiger partial charge in [-0.2, -0.15) is 0 Å². The van der Waals surface area contributed by atoms with E-state index in [-0.39, 0.29) is 16.9 Å². The van der Waals surface area contributed by atoms with Crippen LogP contribution in [0.25, 0.3) is 0 Å². The molecule has 114 valence electrons. The summed E-state index contributed by atoms with van der Waals surface area (Å²) in [6.45, 7) is 2.21. The second-order valence-electron chi connectivity index (χ2n) is 4.53. The highest BCUT2D eigenvalue weighted by Gasteiger charge is 2.14. The zero-order valence-electron chi connectivity index (χ0n) is 12.0. The zero-order chi connectivity index (χ0) is 15.9. The van der Waals surface area contributed by atoms with Crippen molar-refractivity contribution in [1.82, 2.24) is 0 Å². The first-order valence-electron chi connectivity index (χ1n) is 6.85. The lowest BCUT2D eigenvalue weighted by Gasteiger charge is -2.07. The summed E-state index contributed by atoms with van der Waals surface area (Å²) in [6.07, 6.45) is 0.716. The summed E-state index contributed by atoms with van der Waals surface area (Å²) in [5, 5.41) is 0. The average molecular weight is 302 g/mol. The SMILES string of the molecule is CCCOC(=O)c1cccc(OC(=O)c2ccccc2F)c1. The number of hydrogen-bond acceptors (Lipinski definition) is 4. The van der Waals surface area contributed by atoms with Crippen molar-refractivity contribution in [3.8, 4) is 5.75 Å². The number of carbonyl (C=O) groups excluding carboxylic acids is 2. The number of carbonyl (C=O) groups is 2. The zero-order valence-corrected chi connectivity index (χ0v) is 12.0. The van der Waals surface area contributed by atoms with Gasteiger partial charge in [-0.25, -0.2) is 14.0 Å². The lowest BCUT2D eigenvalue weighted by atomic mass is 10.2. The molecule has 0 atom stereocenters. The highest BCUT2D eigenvalue weighted by molar-refractivity contribution is 5.92. The number of esters is 2. The summed E-state index contributed by atoms with van der Waals surface area (Å²) in [5.74, 6) is -1.83. The summed E-state index contributed by atoms with van der Waals surface area (Å²) in [6, 6.07) is 11.5. The first-order valence-corrected chi connectivity index (χ1v) is 6.85. The first kappa shape index (κ1) is 15.7. The third-order valence-corrected chi connectivity index (χ3v) is 2.81. The van der Waals surface area contributed by atoms with Crippen LogP contribution in [0, 0.1) is 5.82 Å². The van der Waals surface area contributed by atoms with E-state index in [1.54, 1.807) is 12.1 Å². The van der Waals surface area contributed by atoms with Crippen molar-refractivity contribution in [2.45, 2.75) is 13.3 Å². The summed E-state index contributed by atoms with van der Waals surface area (Å²) >= 11 is 0. The predicted octanol–water partition coefficient (Wildman–Crippen LogP) is 3.61. The van der Waals surface area contributed by atoms with E-state index in [0.29, 0.717) is 13.0 Å². The molecule has 0 saturated carbocycles. The molecule has 0 bridgehead atoms. The van der Waals surface area contributed by atoms with Crippen LogP contribution in [0.15, 0.2) is 48.5 Å². The maximum Gasteiger partial charge on any atom is 0.346 e. The van der Waals surface area contributed by atoms with Gasteiger partial charge >= 0.3 is 11.9 Å². The van der Waals surface area contributed by atoms with Gasteiger partial charge in [0.25, 0.3) is 0 Å². The Morgan fingerprint density at radius 1 is 1.05 bits per heavy atom. The lowest BCUT2D eigenvalue weighted by Crippen LogP contribution is -2.11. The van der Waals surface area contributed by atoms with Crippen LogP contribution in [0.3, 0.4) is 0 Å². The molecule has 0 saturated heterocycles. The first-order chi connectivity index (χ1) is 10.6. The van der Waals surface area contributed by atoms with Crippen LogP contribution in [0.4, 0.5) is 4.39 Å². The van der Waals surface area contributed by atoms with Crippen LogP contribution in [0.5, 0.6) is 5.75 Å². The van der Waals surface area contributed by atoms with Crippen molar-refractivity contribution in [2.75, 3.05) is 6.61 Å². The monoisotopic (exact) mass is 302 g/mol. The fourth-order valence-electron chi connectivity index (χ4n) is 1.75. The fraction of sp³-hybridized carbons (Fsp3) is 0.176. The highest BCUT2D eigenvalue weighted by atomic mass is 19.1. The number of ether oxygens (including phenoxy) is 2. The van der Waals surface area contributed by atoms with Gasteiger partial charge in [-0.1, -0.05) is 25.1 Å². The highest BCUT2D eigenvalue weighted by Crippen LogP contribution is 2.17. The van der Waals surface area contributed by atoms with E-state index in [1.165, 1.54) is 36.4 Å². The molecule has 2 rings (SSSR count). The van der Waals surface area contributed by atoms with E-state index in [4.69, 9.17) is 9.47 Å². The van der Waals surface area contributed by atoms with Crippen molar-refractivity contribution >= 4 is 11.9 Å².